The maximum absolute atomic E-state index is 10.2. The number of hydrogen-bond donors (Lipinski definition) is 1. The Labute approximate surface area is 174 Å². The lowest BCUT2D eigenvalue weighted by molar-refractivity contribution is -0.0540. The van der Waals surface area contributed by atoms with E-state index in [-0.39, 0.29) is 6.10 Å². The summed E-state index contributed by atoms with van der Waals surface area (Å²) in [4.78, 5) is 0. The first-order valence-electron chi connectivity index (χ1n) is 12.4. The molecule has 0 amide bonds. The van der Waals surface area contributed by atoms with Gasteiger partial charge in [0.15, 0.2) is 0 Å². The van der Waals surface area contributed by atoms with Crippen LogP contribution in [0.1, 0.15) is 92.4 Å². The molecule has 0 radical (unpaired) electrons. The summed E-state index contributed by atoms with van der Waals surface area (Å²) in [6.07, 6.45) is 19.0. The van der Waals surface area contributed by atoms with Gasteiger partial charge in [-0.05, 0) is 97.7 Å². The minimum atomic E-state index is -0.0845. The van der Waals surface area contributed by atoms with Crippen molar-refractivity contribution in [3.8, 4) is 0 Å². The normalized spacial score (nSPS) is 47.8. The topological polar surface area (TPSA) is 20.2 Å². The van der Waals surface area contributed by atoms with Crippen LogP contribution in [-0.2, 0) is 0 Å². The molecule has 4 rings (SSSR count). The van der Waals surface area contributed by atoms with Crippen LogP contribution in [0.2, 0.25) is 0 Å². The fraction of sp³-hybridized carbons (Fsp3) is 0.852. The summed E-state index contributed by atoms with van der Waals surface area (Å²) in [7, 11) is 0. The zero-order valence-corrected chi connectivity index (χ0v) is 19.1. The monoisotopic (exact) mass is 384 g/mol. The van der Waals surface area contributed by atoms with Crippen LogP contribution >= 0.6 is 0 Å². The van der Waals surface area contributed by atoms with E-state index >= 15 is 0 Å². The molecule has 9 atom stereocenters. The summed E-state index contributed by atoms with van der Waals surface area (Å²) < 4.78 is 0. The van der Waals surface area contributed by atoms with Crippen molar-refractivity contribution in [2.24, 2.45) is 46.3 Å². The first-order valence-corrected chi connectivity index (χ1v) is 12.4. The molecule has 0 spiro atoms. The van der Waals surface area contributed by atoms with Gasteiger partial charge in [0.1, 0.15) is 0 Å². The maximum atomic E-state index is 10.2. The molecule has 1 nitrogen and oxygen atoms in total. The molecule has 4 aliphatic carbocycles. The van der Waals surface area contributed by atoms with Crippen molar-refractivity contribution in [1.29, 1.82) is 0 Å². The average molecular weight is 385 g/mol. The quantitative estimate of drug-likeness (QED) is 0.510. The van der Waals surface area contributed by atoms with Crippen LogP contribution in [0.5, 0.6) is 0 Å². The SMILES string of the molecule is CCC(C)C=CC(C)C1CCC2C3CC=C4CC(O)CCC4(C)C3CCC12C. The lowest BCUT2D eigenvalue weighted by Gasteiger charge is -2.58. The molecule has 28 heavy (non-hydrogen) atoms. The molecule has 4 aliphatic rings. The van der Waals surface area contributed by atoms with E-state index in [0.29, 0.717) is 16.7 Å². The molecular weight excluding hydrogens is 340 g/mol. The number of allylic oxidation sites excluding steroid dienone is 3. The second kappa shape index (κ2) is 7.60. The van der Waals surface area contributed by atoms with Gasteiger partial charge in [0.25, 0.3) is 0 Å². The standard InChI is InChI=1S/C27H44O/c1-6-18(2)7-8-19(3)23-11-12-24-22-10-9-20-17-21(28)13-15-26(20,4)25(22)14-16-27(23,24)5/h7-9,18-19,21-25,28H,6,10-17H2,1-5H3. The summed E-state index contributed by atoms with van der Waals surface area (Å²) in [5.41, 5.74) is 2.52. The van der Waals surface area contributed by atoms with Gasteiger partial charge in [0, 0.05) is 0 Å². The van der Waals surface area contributed by atoms with Crippen LogP contribution in [0.4, 0.5) is 0 Å². The number of hydrogen-bond acceptors (Lipinski definition) is 1. The van der Waals surface area contributed by atoms with E-state index in [1.54, 1.807) is 5.57 Å². The number of rotatable bonds is 4. The molecule has 0 aromatic rings. The van der Waals surface area contributed by atoms with Crippen LogP contribution in [0.3, 0.4) is 0 Å². The Morgan fingerprint density at radius 2 is 1.86 bits per heavy atom. The summed E-state index contributed by atoms with van der Waals surface area (Å²) in [6, 6.07) is 0. The zero-order chi connectivity index (χ0) is 20.1. The van der Waals surface area contributed by atoms with Gasteiger partial charge in [-0.1, -0.05) is 64.8 Å². The molecule has 3 fully saturated rings. The van der Waals surface area contributed by atoms with E-state index in [1.807, 2.05) is 0 Å². The Morgan fingerprint density at radius 3 is 2.61 bits per heavy atom. The van der Waals surface area contributed by atoms with Crippen LogP contribution in [-0.4, -0.2) is 11.2 Å². The summed E-state index contributed by atoms with van der Waals surface area (Å²) >= 11 is 0. The molecule has 3 saturated carbocycles. The minimum Gasteiger partial charge on any atom is -0.393 e. The highest BCUT2D eigenvalue weighted by molar-refractivity contribution is 5.25. The van der Waals surface area contributed by atoms with Gasteiger partial charge in [-0.25, -0.2) is 0 Å². The third-order valence-electron chi connectivity index (χ3n) is 10.2. The van der Waals surface area contributed by atoms with Crippen molar-refractivity contribution in [3.63, 3.8) is 0 Å². The molecule has 1 heteroatoms. The van der Waals surface area contributed by atoms with E-state index in [1.165, 1.54) is 44.9 Å². The molecule has 0 saturated heterocycles. The minimum absolute atomic E-state index is 0.0845. The second-order valence-electron chi connectivity index (χ2n) is 11.5. The molecule has 158 valence electrons. The molecule has 0 aliphatic heterocycles. The van der Waals surface area contributed by atoms with Crippen LogP contribution in [0.15, 0.2) is 23.8 Å². The predicted molar refractivity (Wildman–Crippen MR) is 119 cm³/mol. The summed E-state index contributed by atoms with van der Waals surface area (Å²) in [5, 5.41) is 10.2. The van der Waals surface area contributed by atoms with Gasteiger partial charge in [-0.3, -0.25) is 0 Å². The molecule has 9 unspecified atom stereocenters. The van der Waals surface area contributed by atoms with Gasteiger partial charge in [0.05, 0.1) is 6.10 Å². The van der Waals surface area contributed by atoms with Crippen LogP contribution < -0.4 is 0 Å². The van der Waals surface area contributed by atoms with Crippen molar-refractivity contribution in [1.82, 2.24) is 0 Å². The largest absolute Gasteiger partial charge is 0.393 e. The highest BCUT2D eigenvalue weighted by Crippen LogP contribution is 2.67. The molecule has 1 N–H and O–H groups in total. The Kier molecular flexibility index (Phi) is 5.62. The predicted octanol–water partition coefficient (Wildman–Crippen LogP) is 7.16. The number of aliphatic hydroxyl groups is 1. The highest BCUT2D eigenvalue weighted by Gasteiger charge is 2.58. The summed E-state index contributed by atoms with van der Waals surface area (Å²) in [5.74, 6) is 4.96. The molecule has 0 aromatic carbocycles. The zero-order valence-electron chi connectivity index (χ0n) is 19.1. The van der Waals surface area contributed by atoms with Gasteiger partial charge in [-0.2, -0.15) is 0 Å². The molecule has 0 bridgehead atoms. The van der Waals surface area contributed by atoms with Crippen molar-refractivity contribution in [2.75, 3.05) is 0 Å². The fourth-order valence-corrected chi connectivity index (χ4v) is 8.18. The van der Waals surface area contributed by atoms with E-state index in [0.717, 1.165) is 42.4 Å². The van der Waals surface area contributed by atoms with Crippen molar-refractivity contribution in [2.45, 2.75) is 98.5 Å². The van der Waals surface area contributed by atoms with Crippen LogP contribution in [0, 0.1) is 46.3 Å². The van der Waals surface area contributed by atoms with Crippen molar-refractivity contribution in [3.05, 3.63) is 23.8 Å². The fourth-order valence-electron chi connectivity index (χ4n) is 8.18. The van der Waals surface area contributed by atoms with E-state index in [2.05, 4.69) is 52.8 Å². The third-order valence-corrected chi connectivity index (χ3v) is 10.2. The lowest BCUT2D eigenvalue weighted by atomic mass is 9.47. The number of aliphatic hydroxyl groups excluding tert-OH is 1. The highest BCUT2D eigenvalue weighted by atomic mass is 16.3. The summed E-state index contributed by atoms with van der Waals surface area (Å²) in [6.45, 7) is 12.3. The Hall–Kier alpha value is -0.560. The number of fused-ring (bicyclic) bond motifs is 5. The van der Waals surface area contributed by atoms with Crippen molar-refractivity contribution < 1.29 is 5.11 Å². The van der Waals surface area contributed by atoms with E-state index in [9.17, 15) is 5.11 Å². The van der Waals surface area contributed by atoms with Gasteiger partial charge in [0.2, 0.25) is 0 Å². The van der Waals surface area contributed by atoms with Crippen molar-refractivity contribution >= 4 is 0 Å². The Balaban J connectivity index is 1.54. The smallest absolute Gasteiger partial charge is 0.0577 e. The van der Waals surface area contributed by atoms with Gasteiger partial charge < -0.3 is 5.11 Å². The lowest BCUT2D eigenvalue weighted by Crippen LogP contribution is -2.50. The maximum Gasteiger partial charge on any atom is 0.0577 e. The Bertz CT molecular complexity index is 632. The molecule has 0 aromatic heterocycles. The average Bonchev–Trinajstić information content (AvgIpc) is 3.03. The third kappa shape index (κ3) is 3.24. The van der Waals surface area contributed by atoms with Crippen LogP contribution in [0.25, 0.3) is 0 Å². The Morgan fingerprint density at radius 1 is 1.07 bits per heavy atom. The second-order valence-corrected chi connectivity index (χ2v) is 11.5. The van der Waals surface area contributed by atoms with Gasteiger partial charge in [-0.15, -0.1) is 0 Å². The van der Waals surface area contributed by atoms with Gasteiger partial charge >= 0.3 is 0 Å². The van der Waals surface area contributed by atoms with E-state index < -0.39 is 0 Å². The van der Waals surface area contributed by atoms with E-state index in [4.69, 9.17) is 0 Å². The first-order chi connectivity index (χ1) is 13.3. The molecular formula is C27H44O. The molecule has 0 heterocycles. The first kappa shape index (κ1) is 20.7.